The molecule has 2 heteroatoms. The number of rotatable bonds is 4. The largest absolute Gasteiger partial charge is 0.378 e. The standard InChI is InChI=1S/C11H19BrO/c12-8-11(6-7-11)9-13-10-4-2-1-3-5-10/h10H,1-9H2. The maximum absolute atomic E-state index is 5.97. The van der Waals surface area contributed by atoms with Crippen LogP contribution in [0.3, 0.4) is 0 Å². The Labute approximate surface area is 89.4 Å². The van der Waals surface area contributed by atoms with Gasteiger partial charge in [0.1, 0.15) is 0 Å². The third-order valence-electron chi connectivity index (χ3n) is 3.42. The second kappa shape index (κ2) is 4.31. The zero-order valence-electron chi connectivity index (χ0n) is 8.23. The summed E-state index contributed by atoms with van der Waals surface area (Å²) < 4.78 is 5.97. The van der Waals surface area contributed by atoms with Gasteiger partial charge in [0.25, 0.3) is 0 Å². The Kier molecular flexibility index (Phi) is 3.31. The topological polar surface area (TPSA) is 9.23 Å². The Morgan fingerprint density at radius 2 is 1.85 bits per heavy atom. The van der Waals surface area contributed by atoms with Crippen LogP contribution in [0.25, 0.3) is 0 Å². The number of halogens is 1. The van der Waals surface area contributed by atoms with Crippen LogP contribution < -0.4 is 0 Å². The molecule has 0 amide bonds. The zero-order valence-corrected chi connectivity index (χ0v) is 9.81. The van der Waals surface area contributed by atoms with Gasteiger partial charge in [0.2, 0.25) is 0 Å². The Hall–Kier alpha value is 0.440. The molecule has 2 rings (SSSR count). The van der Waals surface area contributed by atoms with E-state index in [2.05, 4.69) is 15.9 Å². The fourth-order valence-corrected chi connectivity index (χ4v) is 2.74. The highest BCUT2D eigenvalue weighted by Crippen LogP contribution is 2.47. The summed E-state index contributed by atoms with van der Waals surface area (Å²) in [6, 6.07) is 0. The molecule has 0 N–H and O–H groups in total. The van der Waals surface area contributed by atoms with Crippen molar-refractivity contribution in [2.75, 3.05) is 11.9 Å². The van der Waals surface area contributed by atoms with Crippen molar-refractivity contribution < 1.29 is 4.74 Å². The van der Waals surface area contributed by atoms with Crippen LogP contribution in [0.2, 0.25) is 0 Å². The molecule has 0 aromatic rings. The molecule has 0 radical (unpaired) electrons. The van der Waals surface area contributed by atoms with Crippen LogP contribution in [0.15, 0.2) is 0 Å². The van der Waals surface area contributed by atoms with Crippen molar-refractivity contribution in [1.29, 1.82) is 0 Å². The van der Waals surface area contributed by atoms with E-state index in [1.54, 1.807) is 0 Å². The first-order chi connectivity index (χ1) is 6.35. The van der Waals surface area contributed by atoms with E-state index in [9.17, 15) is 0 Å². The van der Waals surface area contributed by atoms with E-state index >= 15 is 0 Å². The summed E-state index contributed by atoms with van der Waals surface area (Å²) in [4.78, 5) is 0. The van der Waals surface area contributed by atoms with Crippen molar-refractivity contribution in [3.8, 4) is 0 Å². The molecule has 0 atom stereocenters. The summed E-state index contributed by atoms with van der Waals surface area (Å²) in [6.07, 6.45) is 10.1. The van der Waals surface area contributed by atoms with Gasteiger partial charge in [0.15, 0.2) is 0 Å². The van der Waals surface area contributed by atoms with E-state index in [0.717, 1.165) is 11.9 Å². The van der Waals surface area contributed by atoms with Crippen LogP contribution in [-0.4, -0.2) is 18.0 Å². The minimum atomic E-state index is 0.539. The van der Waals surface area contributed by atoms with Gasteiger partial charge in [-0.3, -0.25) is 0 Å². The second-order valence-electron chi connectivity index (χ2n) is 4.70. The minimum Gasteiger partial charge on any atom is -0.378 e. The number of alkyl halides is 1. The molecule has 0 spiro atoms. The lowest BCUT2D eigenvalue weighted by Gasteiger charge is -2.24. The van der Waals surface area contributed by atoms with Crippen molar-refractivity contribution in [2.24, 2.45) is 5.41 Å². The second-order valence-corrected chi connectivity index (χ2v) is 5.27. The number of hydrogen-bond acceptors (Lipinski definition) is 1. The smallest absolute Gasteiger partial charge is 0.0575 e. The quantitative estimate of drug-likeness (QED) is 0.691. The van der Waals surface area contributed by atoms with E-state index in [-0.39, 0.29) is 0 Å². The van der Waals surface area contributed by atoms with E-state index in [1.807, 2.05) is 0 Å². The molecule has 2 fully saturated rings. The van der Waals surface area contributed by atoms with Crippen LogP contribution in [0.4, 0.5) is 0 Å². The monoisotopic (exact) mass is 246 g/mol. The molecule has 0 unspecified atom stereocenters. The normalized spacial score (nSPS) is 27.5. The fraction of sp³-hybridized carbons (Fsp3) is 1.00. The van der Waals surface area contributed by atoms with Crippen LogP contribution in [0.1, 0.15) is 44.9 Å². The van der Waals surface area contributed by atoms with Gasteiger partial charge >= 0.3 is 0 Å². The first kappa shape index (κ1) is 9.97. The fourth-order valence-electron chi connectivity index (χ4n) is 2.02. The molecule has 2 saturated carbocycles. The summed E-state index contributed by atoms with van der Waals surface area (Å²) in [7, 11) is 0. The molecule has 2 aliphatic rings. The molecule has 0 aromatic carbocycles. The summed E-state index contributed by atoms with van der Waals surface area (Å²) in [5.41, 5.74) is 0.539. The van der Waals surface area contributed by atoms with Crippen LogP contribution >= 0.6 is 15.9 Å². The van der Waals surface area contributed by atoms with Gasteiger partial charge in [-0.25, -0.2) is 0 Å². The van der Waals surface area contributed by atoms with Gasteiger partial charge in [-0.1, -0.05) is 35.2 Å². The van der Waals surface area contributed by atoms with Crippen molar-refractivity contribution in [3.05, 3.63) is 0 Å². The van der Waals surface area contributed by atoms with Crippen LogP contribution in [0, 0.1) is 5.41 Å². The lowest BCUT2D eigenvalue weighted by molar-refractivity contribution is 0.00655. The average Bonchev–Trinajstić information content (AvgIpc) is 2.97. The molecule has 1 nitrogen and oxygen atoms in total. The van der Waals surface area contributed by atoms with Crippen molar-refractivity contribution in [3.63, 3.8) is 0 Å². The molecule has 0 saturated heterocycles. The summed E-state index contributed by atoms with van der Waals surface area (Å²) in [5.74, 6) is 0. The number of hydrogen-bond donors (Lipinski definition) is 0. The highest BCUT2D eigenvalue weighted by molar-refractivity contribution is 9.09. The van der Waals surface area contributed by atoms with E-state index in [1.165, 1.54) is 44.9 Å². The summed E-state index contributed by atoms with van der Waals surface area (Å²) in [6.45, 7) is 1.00. The van der Waals surface area contributed by atoms with E-state index in [4.69, 9.17) is 4.74 Å². The Morgan fingerprint density at radius 3 is 2.38 bits per heavy atom. The maximum atomic E-state index is 5.97. The molecule has 0 aliphatic heterocycles. The first-order valence-electron chi connectivity index (χ1n) is 5.52. The molecule has 76 valence electrons. The van der Waals surface area contributed by atoms with Gasteiger partial charge in [-0.05, 0) is 25.7 Å². The lowest BCUT2D eigenvalue weighted by Crippen LogP contribution is -2.22. The number of ether oxygens (including phenoxy) is 1. The SMILES string of the molecule is BrCC1(COC2CCCCC2)CC1. The van der Waals surface area contributed by atoms with Crippen LogP contribution in [0.5, 0.6) is 0 Å². The molecular formula is C11H19BrO. The lowest BCUT2D eigenvalue weighted by atomic mass is 9.97. The van der Waals surface area contributed by atoms with Gasteiger partial charge in [0, 0.05) is 10.7 Å². The van der Waals surface area contributed by atoms with Crippen molar-refractivity contribution in [2.45, 2.75) is 51.0 Å². The highest BCUT2D eigenvalue weighted by Gasteiger charge is 2.42. The molecule has 0 aromatic heterocycles. The summed E-state index contributed by atoms with van der Waals surface area (Å²) in [5, 5.41) is 1.13. The predicted molar refractivity (Wildman–Crippen MR) is 58.3 cm³/mol. The van der Waals surface area contributed by atoms with E-state index in [0.29, 0.717) is 11.5 Å². The van der Waals surface area contributed by atoms with Crippen molar-refractivity contribution >= 4 is 15.9 Å². The Morgan fingerprint density at radius 1 is 1.15 bits per heavy atom. The molecule has 0 heterocycles. The van der Waals surface area contributed by atoms with Gasteiger partial charge in [0.05, 0.1) is 12.7 Å². The molecule has 2 aliphatic carbocycles. The van der Waals surface area contributed by atoms with Crippen molar-refractivity contribution in [1.82, 2.24) is 0 Å². The average molecular weight is 247 g/mol. The first-order valence-corrected chi connectivity index (χ1v) is 6.64. The Balaban J connectivity index is 1.66. The summed E-state index contributed by atoms with van der Waals surface area (Å²) >= 11 is 3.58. The van der Waals surface area contributed by atoms with Gasteiger partial charge in [-0.15, -0.1) is 0 Å². The van der Waals surface area contributed by atoms with E-state index < -0.39 is 0 Å². The van der Waals surface area contributed by atoms with Crippen LogP contribution in [-0.2, 0) is 4.74 Å². The van der Waals surface area contributed by atoms with Gasteiger partial charge < -0.3 is 4.74 Å². The molecule has 13 heavy (non-hydrogen) atoms. The Bertz CT molecular complexity index is 159. The highest BCUT2D eigenvalue weighted by atomic mass is 79.9. The van der Waals surface area contributed by atoms with Gasteiger partial charge in [-0.2, -0.15) is 0 Å². The zero-order chi connectivity index (χ0) is 9.15. The third kappa shape index (κ3) is 2.69. The minimum absolute atomic E-state index is 0.539. The molecule has 0 bridgehead atoms. The predicted octanol–water partition coefficient (Wildman–Crippen LogP) is 3.51. The molecular weight excluding hydrogens is 228 g/mol. The maximum Gasteiger partial charge on any atom is 0.0575 e. The third-order valence-corrected chi connectivity index (χ3v) is 4.61.